The lowest BCUT2D eigenvalue weighted by Gasteiger charge is -2.32. The summed E-state index contributed by atoms with van der Waals surface area (Å²) < 4.78 is 5.82. The van der Waals surface area contributed by atoms with Gasteiger partial charge in [-0.3, -0.25) is 9.69 Å². The van der Waals surface area contributed by atoms with Crippen molar-refractivity contribution in [2.24, 2.45) is 5.92 Å². The van der Waals surface area contributed by atoms with E-state index in [-0.39, 0.29) is 11.8 Å². The summed E-state index contributed by atoms with van der Waals surface area (Å²) in [6.45, 7) is 3.03. The fourth-order valence-corrected chi connectivity index (χ4v) is 4.10. The third-order valence-electron chi connectivity index (χ3n) is 5.60. The highest BCUT2D eigenvalue weighted by Gasteiger charge is 2.26. The Bertz CT molecular complexity index is 992. The SMILES string of the molecule is O=C(Nc1ccc(OCc2ccccc2)cc1)[C@H]1CCCN(Cc2ccccc2Cl)C1. The molecule has 1 atom stereocenters. The monoisotopic (exact) mass is 434 g/mol. The Kier molecular flexibility index (Phi) is 7.23. The molecule has 0 spiro atoms. The molecule has 1 saturated heterocycles. The Morgan fingerprint density at radius 3 is 2.52 bits per heavy atom. The molecule has 31 heavy (non-hydrogen) atoms. The minimum Gasteiger partial charge on any atom is -0.489 e. The zero-order valence-corrected chi connectivity index (χ0v) is 18.2. The van der Waals surface area contributed by atoms with Crippen molar-refractivity contribution in [2.45, 2.75) is 26.0 Å². The second kappa shape index (κ2) is 10.5. The molecule has 0 aromatic heterocycles. The van der Waals surface area contributed by atoms with Crippen LogP contribution < -0.4 is 10.1 Å². The van der Waals surface area contributed by atoms with Crippen LogP contribution in [0.3, 0.4) is 0 Å². The van der Waals surface area contributed by atoms with E-state index in [4.69, 9.17) is 16.3 Å². The van der Waals surface area contributed by atoms with Crippen LogP contribution in [0.4, 0.5) is 5.69 Å². The number of likely N-dealkylation sites (tertiary alicyclic amines) is 1. The summed E-state index contributed by atoms with van der Waals surface area (Å²) in [4.78, 5) is 15.1. The van der Waals surface area contributed by atoms with Crippen LogP contribution >= 0.6 is 11.6 Å². The topological polar surface area (TPSA) is 41.6 Å². The maximum absolute atomic E-state index is 12.8. The molecule has 1 N–H and O–H groups in total. The standard InChI is InChI=1S/C26H27ClN2O2/c27-25-11-5-4-9-21(25)17-29-16-6-10-22(18-29)26(30)28-23-12-14-24(15-13-23)31-19-20-7-2-1-3-8-20/h1-5,7-9,11-15,22H,6,10,16-19H2,(H,28,30)/t22-/m0/s1. The number of nitrogens with zero attached hydrogens (tertiary/aromatic N) is 1. The van der Waals surface area contributed by atoms with Crippen LogP contribution in [0.25, 0.3) is 0 Å². The number of ether oxygens (including phenoxy) is 1. The summed E-state index contributed by atoms with van der Waals surface area (Å²) in [6.07, 6.45) is 1.91. The number of hydrogen-bond acceptors (Lipinski definition) is 3. The number of carbonyl (C=O) groups is 1. The molecule has 1 aliphatic rings. The minimum atomic E-state index is -0.0229. The summed E-state index contributed by atoms with van der Waals surface area (Å²) in [5.74, 6) is 0.831. The van der Waals surface area contributed by atoms with Crippen molar-refractivity contribution >= 4 is 23.2 Å². The van der Waals surface area contributed by atoms with E-state index in [1.54, 1.807) is 0 Å². The van der Waals surface area contributed by atoms with E-state index in [9.17, 15) is 4.79 Å². The molecule has 0 radical (unpaired) electrons. The summed E-state index contributed by atoms with van der Waals surface area (Å²) in [7, 11) is 0. The summed E-state index contributed by atoms with van der Waals surface area (Å²) in [6, 6.07) is 25.5. The lowest BCUT2D eigenvalue weighted by molar-refractivity contribution is -0.121. The molecule has 0 saturated carbocycles. The molecule has 4 nitrogen and oxygen atoms in total. The average Bonchev–Trinajstić information content (AvgIpc) is 2.81. The van der Waals surface area contributed by atoms with Gasteiger partial charge >= 0.3 is 0 Å². The van der Waals surface area contributed by atoms with Crippen LogP contribution in [0.15, 0.2) is 78.9 Å². The van der Waals surface area contributed by atoms with E-state index in [0.29, 0.717) is 6.61 Å². The Labute approximate surface area is 188 Å². The van der Waals surface area contributed by atoms with Gasteiger partial charge in [0.25, 0.3) is 0 Å². The molecule has 1 amide bonds. The van der Waals surface area contributed by atoms with Crippen molar-refractivity contribution in [1.82, 2.24) is 4.90 Å². The Balaban J connectivity index is 1.28. The molecule has 1 aliphatic heterocycles. The van der Waals surface area contributed by atoms with Crippen molar-refractivity contribution in [1.29, 1.82) is 0 Å². The fourth-order valence-electron chi connectivity index (χ4n) is 3.90. The maximum Gasteiger partial charge on any atom is 0.228 e. The quantitative estimate of drug-likeness (QED) is 0.513. The second-order valence-corrected chi connectivity index (χ2v) is 8.36. The molecule has 160 valence electrons. The number of piperidine rings is 1. The number of nitrogens with one attached hydrogen (secondary N) is 1. The van der Waals surface area contributed by atoms with Crippen molar-refractivity contribution in [3.8, 4) is 5.75 Å². The van der Waals surface area contributed by atoms with Gasteiger partial charge < -0.3 is 10.1 Å². The van der Waals surface area contributed by atoms with Crippen LogP contribution in [-0.4, -0.2) is 23.9 Å². The average molecular weight is 435 g/mol. The molecule has 0 unspecified atom stereocenters. The van der Waals surface area contributed by atoms with E-state index < -0.39 is 0 Å². The number of anilines is 1. The van der Waals surface area contributed by atoms with Crippen LogP contribution in [0.5, 0.6) is 5.75 Å². The Morgan fingerprint density at radius 1 is 1.00 bits per heavy atom. The number of amides is 1. The van der Waals surface area contributed by atoms with Gasteiger partial charge in [0.05, 0.1) is 5.92 Å². The van der Waals surface area contributed by atoms with Gasteiger partial charge in [0.2, 0.25) is 5.91 Å². The van der Waals surface area contributed by atoms with Crippen molar-refractivity contribution in [3.05, 3.63) is 95.0 Å². The van der Waals surface area contributed by atoms with E-state index in [1.807, 2.05) is 78.9 Å². The van der Waals surface area contributed by atoms with Gasteiger partial charge in [-0.15, -0.1) is 0 Å². The molecule has 0 bridgehead atoms. The van der Waals surface area contributed by atoms with E-state index in [1.165, 1.54) is 0 Å². The molecule has 4 rings (SSSR count). The molecular formula is C26H27ClN2O2. The van der Waals surface area contributed by atoms with Gasteiger partial charge in [-0.1, -0.05) is 60.1 Å². The maximum atomic E-state index is 12.8. The van der Waals surface area contributed by atoms with Crippen molar-refractivity contribution < 1.29 is 9.53 Å². The van der Waals surface area contributed by atoms with E-state index in [0.717, 1.165) is 60.1 Å². The minimum absolute atomic E-state index is 0.0229. The molecule has 3 aromatic rings. The first kappa shape index (κ1) is 21.4. The van der Waals surface area contributed by atoms with E-state index >= 15 is 0 Å². The predicted molar refractivity (Wildman–Crippen MR) is 125 cm³/mol. The largest absolute Gasteiger partial charge is 0.489 e. The van der Waals surface area contributed by atoms with Crippen LogP contribution in [0, 0.1) is 5.92 Å². The molecule has 1 heterocycles. The van der Waals surface area contributed by atoms with Crippen LogP contribution in [0.1, 0.15) is 24.0 Å². The normalized spacial score (nSPS) is 16.6. The van der Waals surface area contributed by atoms with Gasteiger partial charge in [0.1, 0.15) is 12.4 Å². The number of rotatable bonds is 7. The first-order chi connectivity index (χ1) is 15.2. The van der Waals surface area contributed by atoms with Crippen LogP contribution in [0.2, 0.25) is 5.02 Å². The Morgan fingerprint density at radius 2 is 1.74 bits per heavy atom. The van der Waals surface area contributed by atoms with Gasteiger partial charge in [-0.25, -0.2) is 0 Å². The first-order valence-corrected chi connectivity index (χ1v) is 11.1. The molecule has 3 aromatic carbocycles. The van der Waals surface area contributed by atoms with Crippen LogP contribution in [-0.2, 0) is 17.9 Å². The second-order valence-electron chi connectivity index (χ2n) is 7.95. The first-order valence-electron chi connectivity index (χ1n) is 10.7. The van der Waals surface area contributed by atoms with Crippen molar-refractivity contribution in [3.63, 3.8) is 0 Å². The third kappa shape index (κ3) is 6.09. The lowest BCUT2D eigenvalue weighted by Crippen LogP contribution is -2.40. The van der Waals surface area contributed by atoms with Crippen molar-refractivity contribution in [2.75, 3.05) is 18.4 Å². The molecular weight excluding hydrogens is 408 g/mol. The fraction of sp³-hybridized carbons (Fsp3) is 0.269. The lowest BCUT2D eigenvalue weighted by atomic mass is 9.96. The molecule has 1 fully saturated rings. The summed E-state index contributed by atoms with van der Waals surface area (Å²) in [5, 5.41) is 3.84. The number of benzene rings is 3. The molecule has 0 aliphatic carbocycles. The van der Waals surface area contributed by atoms with Gasteiger partial charge in [-0.05, 0) is 60.8 Å². The zero-order chi connectivity index (χ0) is 21.5. The highest BCUT2D eigenvalue weighted by atomic mass is 35.5. The third-order valence-corrected chi connectivity index (χ3v) is 5.97. The van der Waals surface area contributed by atoms with Gasteiger partial charge in [0, 0.05) is 23.8 Å². The van der Waals surface area contributed by atoms with E-state index in [2.05, 4.69) is 10.2 Å². The van der Waals surface area contributed by atoms with Gasteiger partial charge in [-0.2, -0.15) is 0 Å². The van der Waals surface area contributed by atoms with Gasteiger partial charge in [0.15, 0.2) is 0 Å². The molecule has 5 heteroatoms. The smallest absolute Gasteiger partial charge is 0.228 e. The number of halogens is 1. The highest BCUT2D eigenvalue weighted by molar-refractivity contribution is 6.31. The number of carbonyl (C=O) groups excluding carboxylic acids is 1. The predicted octanol–water partition coefficient (Wildman–Crippen LogP) is 5.77. The summed E-state index contributed by atoms with van der Waals surface area (Å²) in [5.41, 5.74) is 3.02. The summed E-state index contributed by atoms with van der Waals surface area (Å²) >= 11 is 6.30. The Hall–Kier alpha value is -2.82. The highest BCUT2D eigenvalue weighted by Crippen LogP contribution is 2.24. The zero-order valence-electron chi connectivity index (χ0n) is 17.5. The number of hydrogen-bond donors (Lipinski definition) is 1.